The summed E-state index contributed by atoms with van der Waals surface area (Å²) < 4.78 is 6.24. The van der Waals surface area contributed by atoms with Crippen LogP contribution in [0.5, 0.6) is 0 Å². The largest absolute Gasteiger partial charge is 0.356 e. The van der Waals surface area contributed by atoms with Crippen LogP contribution in [0.1, 0.15) is 32.0 Å². The Labute approximate surface area is 167 Å². The number of rotatable bonds is 8. The first-order valence-electron chi connectivity index (χ1n) is 8.56. The SMILES string of the molecule is CN=C(NCCCc1nc(C)no1)NCC(C)(C)Sc1ccc(Br)cc1. The summed E-state index contributed by atoms with van der Waals surface area (Å²) in [7, 11) is 1.78. The van der Waals surface area contributed by atoms with Gasteiger partial charge >= 0.3 is 0 Å². The minimum Gasteiger partial charge on any atom is -0.356 e. The molecule has 0 saturated carbocycles. The Bertz CT molecular complexity index is 715. The topological polar surface area (TPSA) is 75.3 Å². The van der Waals surface area contributed by atoms with Gasteiger partial charge in [0.25, 0.3) is 0 Å². The van der Waals surface area contributed by atoms with Gasteiger partial charge in [-0.3, -0.25) is 4.99 Å². The van der Waals surface area contributed by atoms with Crippen LogP contribution in [0.2, 0.25) is 0 Å². The van der Waals surface area contributed by atoms with E-state index in [4.69, 9.17) is 4.52 Å². The van der Waals surface area contributed by atoms with Gasteiger partial charge in [0.05, 0.1) is 0 Å². The molecule has 1 aromatic carbocycles. The van der Waals surface area contributed by atoms with E-state index >= 15 is 0 Å². The number of aryl methyl sites for hydroxylation is 2. The fourth-order valence-electron chi connectivity index (χ4n) is 2.26. The van der Waals surface area contributed by atoms with Gasteiger partial charge in [-0.05, 0) is 51.5 Å². The highest BCUT2D eigenvalue weighted by Crippen LogP contribution is 2.32. The maximum absolute atomic E-state index is 5.11. The van der Waals surface area contributed by atoms with Crippen LogP contribution in [0.25, 0.3) is 0 Å². The van der Waals surface area contributed by atoms with Crippen LogP contribution in [0.3, 0.4) is 0 Å². The van der Waals surface area contributed by atoms with E-state index in [0.29, 0.717) is 11.7 Å². The number of aliphatic imine (C=N–C) groups is 1. The normalized spacial score (nSPS) is 12.3. The molecule has 0 aliphatic rings. The maximum atomic E-state index is 5.11. The van der Waals surface area contributed by atoms with Crippen molar-refractivity contribution in [1.82, 2.24) is 20.8 Å². The third-order valence-electron chi connectivity index (χ3n) is 3.54. The van der Waals surface area contributed by atoms with Crippen LogP contribution in [-0.4, -0.2) is 41.0 Å². The molecule has 0 amide bonds. The zero-order chi connectivity index (χ0) is 19.0. The highest BCUT2D eigenvalue weighted by Gasteiger charge is 2.20. The molecule has 0 aliphatic carbocycles. The van der Waals surface area contributed by atoms with Crippen molar-refractivity contribution in [3.05, 3.63) is 40.5 Å². The molecule has 1 aromatic heterocycles. The van der Waals surface area contributed by atoms with Gasteiger partial charge in [-0.25, -0.2) is 0 Å². The van der Waals surface area contributed by atoms with E-state index in [0.717, 1.165) is 36.4 Å². The Hall–Kier alpha value is -1.54. The molecule has 0 bridgehead atoms. The van der Waals surface area contributed by atoms with Gasteiger partial charge in [-0.15, -0.1) is 11.8 Å². The number of nitrogens with one attached hydrogen (secondary N) is 2. The Balaban J connectivity index is 1.71. The van der Waals surface area contributed by atoms with Gasteiger partial charge in [-0.2, -0.15) is 4.98 Å². The fourth-order valence-corrected chi connectivity index (χ4v) is 3.58. The van der Waals surface area contributed by atoms with Gasteiger partial charge in [0.2, 0.25) is 5.89 Å². The number of hydrogen-bond acceptors (Lipinski definition) is 5. The molecule has 0 unspecified atom stereocenters. The summed E-state index contributed by atoms with van der Waals surface area (Å²) in [6, 6.07) is 8.39. The zero-order valence-corrected chi connectivity index (χ0v) is 18.1. The van der Waals surface area contributed by atoms with Gasteiger partial charge in [-0.1, -0.05) is 21.1 Å². The van der Waals surface area contributed by atoms with Crippen molar-refractivity contribution in [2.75, 3.05) is 20.1 Å². The van der Waals surface area contributed by atoms with Crippen LogP contribution in [-0.2, 0) is 6.42 Å². The lowest BCUT2D eigenvalue weighted by Gasteiger charge is -2.25. The Morgan fingerprint density at radius 3 is 2.62 bits per heavy atom. The van der Waals surface area contributed by atoms with E-state index < -0.39 is 0 Å². The predicted octanol–water partition coefficient (Wildman–Crippen LogP) is 3.81. The van der Waals surface area contributed by atoms with Crippen molar-refractivity contribution in [2.45, 2.75) is 43.3 Å². The van der Waals surface area contributed by atoms with Crippen molar-refractivity contribution < 1.29 is 4.52 Å². The first-order valence-corrected chi connectivity index (χ1v) is 10.2. The second-order valence-electron chi connectivity index (χ2n) is 6.51. The smallest absolute Gasteiger partial charge is 0.226 e. The Morgan fingerprint density at radius 2 is 2.00 bits per heavy atom. The summed E-state index contributed by atoms with van der Waals surface area (Å²) in [5.41, 5.74) is 0. The minimum absolute atomic E-state index is 0.0345. The van der Waals surface area contributed by atoms with E-state index in [2.05, 4.69) is 79.8 Å². The van der Waals surface area contributed by atoms with Crippen LogP contribution >= 0.6 is 27.7 Å². The first kappa shape index (κ1) is 20.8. The standard InChI is InChI=1S/C18H26BrN5OS/c1-13-23-16(25-24-13)6-5-11-21-17(20-4)22-12-18(2,3)26-15-9-7-14(19)8-10-15/h7-10H,5-6,11-12H2,1-4H3,(H2,20,21,22). The second-order valence-corrected chi connectivity index (χ2v) is 9.20. The fraction of sp³-hybridized carbons (Fsp3) is 0.500. The average molecular weight is 440 g/mol. The van der Waals surface area contributed by atoms with E-state index in [9.17, 15) is 0 Å². The Morgan fingerprint density at radius 1 is 1.27 bits per heavy atom. The van der Waals surface area contributed by atoms with Crippen LogP contribution in [0.15, 0.2) is 43.1 Å². The monoisotopic (exact) mass is 439 g/mol. The van der Waals surface area contributed by atoms with Crippen molar-refractivity contribution in [2.24, 2.45) is 4.99 Å². The third-order valence-corrected chi connectivity index (χ3v) is 5.28. The maximum Gasteiger partial charge on any atom is 0.226 e. The minimum atomic E-state index is 0.0345. The van der Waals surface area contributed by atoms with Crippen LogP contribution in [0, 0.1) is 6.92 Å². The van der Waals surface area contributed by atoms with Crippen LogP contribution in [0.4, 0.5) is 0 Å². The molecule has 8 heteroatoms. The van der Waals surface area contributed by atoms with E-state index in [1.54, 1.807) is 7.05 Å². The molecular formula is C18H26BrN5OS. The summed E-state index contributed by atoms with van der Waals surface area (Å²) in [5.74, 6) is 2.16. The second kappa shape index (κ2) is 9.97. The molecule has 2 rings (SSSR count). The summed E-state index contributed by atoms with van der Waals surface area (Å²) in [6.45, 7) is 7.86. The molecule has 0 atom stereocenters. The highest BCUT2D eigenvalue weighted by molar-refractivity contribution is 9.10. The lowest BCUT2D eigenvalue weighted by atomic mass is 10.2. The summed E-state index contributed by atoms with van der Waals surface area (Å²) in [6.07, 6.45) is 1.66. The summed E-state index contributed by atoms with van der Waals surface area (Å²) in [5, 5.41) is 10.5. The number of nitrogens with zero attached hydrogens (tertiary/aromatic N) is 3. The van der Waals surface area contributed by atoms with E-state index in [-0.39, 0.29) is 4.75 Å². The molecule has 0 radical (unpaired) electrons. The van der Waals surface area contributed by atoms with Crippen molar-refractivity contribution >= 4 is 33.7 Å². The lowest BCUT2D eigenvalue weighted by molar-refractivity contribution is 0.372. The van der Waals surface area contributed by atoms with E-state index in [1.165, 1.54) is 4.90 Å². The van der Waals surface area contributed by atoms with Gasteiger partial charge in [0, 0.05) is 40.7 Å². The highest BCUT2D eigenvalue weighted by atomic mass is 79.9. The third kappa shape index (κ3) is 7.37. The van der Waals surface area contributed by atoms with Crippen molar-refractivity contribution in [3.63, 3.8) is 0 Å². The first-order chi connectivity index (χ1) is 12.4. The Kier molecular flexibility index (Phi) is 7.96. The molecule has 0 fully saturated rings. The number of aromatic nitrogens is 2. The lowest BCUT2D eigenvalue weighted by Crippen LogP contribution is -2.43. The molecule has 0 aliphatic heterocycles. The molecule has 2 N–H and O–H groups in total. The quantitative estimate of drug-likeness (QED) is 0.282. The molecule has 26 heavy (non-hydrogen) atoms. The van der Waals surface area contributed by atoms with Gasteiger partial charge < -0.3 is 15.2 Å². The molecule has 1 heterocycles. The molecule has 0 spiro atoms. The van der Waals surface area contributed by atoms with E-state index in [1.807, 2.05) is 18.7 Å². The molecule has 2 aromatic rings. The molecule has 0 saturated heterocycles. The number of benzene rings is 1. The molecule has 6 nitrogen and oxygen atoms in total. The number of halogens is 1. The zero-order valence-electron chi connectivity index (χ0n) is 15.7. The number of guanidine groups is 1. The van der Waals surface area contributed by atoms with Crippen molar-refractivity contribution in [3.8, 4) is 0 Å². The molecule has 142 valence electrons. The summed E-state index contributed by atoms with van der Waals surface area (Å²) >= 11 is 5.31. The van der Waals surface area contributed by atoms with Gasteiger partial charge in [0.15, 0.2) is 11.8 Å². The summed E-state index contributed by atoms with van der Waals surface area (Å²) in [4.78, 5) is 9.74. The predicted molar refractivity (Wildman–Crippen MR) is 111 cm³/mol. The number of thioether (sulfide) groups is 1. The van der Waals surface area contributed by atoms with Gasteiger partial charge in [0.1, 0.15) is 0 Å². The molecular weight excluding hydrogens is 414 g/mol. The van der Waals surface area contributed by atoms with Crippen molar-refractivity contribution in [1.29, 1.82) is 0 Å². The van der Waals surface area contributed by atoms with Crippen LogP contribution < -0.4 is 10.6 Å². The number of hydrogen-bond donors (Lipinski definition) is 2. The average Bonchev–Trinajstić information content (AvgIpc) is 3.01.